The second-order valence-electron chi connectivity index (χ2n) is 0. The van der Waals surface area contributed by atoms with E-state index in [1.165, 1.54) is 0 Å². The van der Waals surface area contributed by atoms with Crippen molar-refractivity contribution in [1.29, 1.82) is 0 Å². The summed E-state index contributed by atoms with van der Waals surface area (Å²) in [5.41, 5.74) is 0. The SMILES string of the molecule is C.[Co].[Cr].[Fe].[Mn].[Mo].[Ni].[Si].[W]. The first-order valence-corrected chi connectivity index (χ1v) is 0. The summed E-state index contributed by atoms with van der Waals surface area (Å²) >= 11 is 0. The summed E-state index contributed by atoms with van der Waals surface area (Å²) in [5, 5.41) is 0. The van der Waals surface area contributed by atoms with Gasteiger partial charge in [0.2, 0.25) is 0 Å². The van der Waals surface area contributed by atoms with Crippen LogP contribution in [0.1, 0.15) is 7.43 Å². The van der Waals surface area contributed by atoms with Gasteiger partial charge in [0.15, 0.2) is 0 Å². The Kier molecular flexibility index (Phi) is 1090. The van der Waals surface area contributed by atoms with Crippen molar-refractivity contribution >= 4 is 11.0 Å². The zero-order valence-corrected chi connectivity index (χ0v) is 14.6. The average Bonchev–Trinajstić information content (AvgIpc) is 0. The molecule has 0 aliphatic rings. The van der Waals surface area contributed by atoms with Gasteiger partial charge in [-0.3, -0.25) is 0 Å². The maximum atomic E-state index is 0. The van der Waals surface area contributed by atoms with Gasteiger partial charge < -0.3 is 0 Å². The van der Waals surface area contributed by atoms with Gasteiger partial charge in [-0.15, -0.1) is 0 Å². The van der Waals surface area contributed by atoms with Gasteiger partial charge in [-0.25, -0.2) is 0 Å². The molecule has 0 heterocycles. The summed E-state index contributed by atoms with van der Waals surface area (Å²) in [6.07, 6.45) is 0. The van der Waals surface area contributed by atoms with Crippen LogP contribution in [0.2, 0.25) is 0 Å². The zero-order chi connectivity index (χ0) is 0. The standard InChI is InChI=1S/CH4.Co.Cr.Fe.Mn.Mo.Ni.Si.W/h1H4;;;;;;;;. The molecule has 8 heteroatoms. The Hall–Kier alpha value is 4.16. The third-order valence-corrected chi connectivity index (χ3v) is 0. The van der Waals surface area contributed by atoms with E-state index >= 15 is 0 Å². The van der Waals surface area contributed by atoms with E-state index in [1.54, 1.807) is 0 Å². The predicted molar refractivity (Wildman–Crippen MR) is 12.5 cm³/mol. The molecule has 0 aromatic carbocycles. The monoisotopic (exact) mass is 606 g/mol. The first-order valence-electron chi connectivity index (χ1n) is 0. The van der Waals surface area contributed by atoms with Gasteiger partial charge in [0, 0.05) is 138 Å². The number of hydrogen-bond donors (Lipinski definition) is 0. The van der Waals surface area contributed by atoms with Gasteiger partial charge >= 0.3 is 0 Å². The van der Waals surface area contributed by atoms with Gasteiger partial charge in [-0.05, 0) is 0 Å². The fourth-order valence-corrected chi connectivity index (χ4v) is 0. The number of hydrogen-bond acceptors (Lipinski definition) is 0. The second-order valence-corrected chi connectivity index (χ2v) is 0. The first kappa shape index (κ1) is 112. The Bertz CT molecular complexity index is 28.5. The topological polar surface area (TPSA) is 0 Å². The number of rotatable bonds is 0. The fraction of sp³-hybridized carbons (Fsp3) is 1.00. The van der Waals surface area contributed by atoms with Crippen LogP contribution in [0.25, 0.3) is 0 Å². The van der Waals surface area contributed by atoms with Gasteiger partial charge in [-0.1, -0.05) is 7.43 Å². The molecule has 0 amide bonds. The molecule has 0 bridgehead atoms. The normalized spacial score (nSPS) is 0. The van der Waals surface area contributed by atoms with Crippen LogP contribution in [0, 0.1) is 0 Å². The van der Waals surface area contributed by atoms with E-state index in [9.17, 15) is 0 Å². The van der Waals surface area contributed by atoms with Crippen molar-refractivity contribution in [1.82, 2.24) is 0 Å². The Balaban J connectivity index is 0. The third kappa shape index (κ3) is 72.5. The molecule has 0 aromatic rings. The van der Waals surface area contributed by atoms with E-state index in [0.29, 0.717) is 0 Å². The van der Waals surface area contributed by atoms with E-state index in [2.05, 4.69) is 0 Å². The molecule has 9 heavy (non-hydrogen) atoms. The Morgan fingerprint density at radius 1 is 1.00 bits per heavy atom. The maximum Gasteiger partial charge on any atom is 0 e. The maximum absolute atomic E-state index is 0. The zero-order valence-electron chi connectivity index (χ0n) is 3.11. The van der Waals surface area contributed by atoms with Gasteiger partial charge in [0.25, 0.3) is 0 Å². The van der Waals surface area contributed by atoms with Crippen molar-refractivity contribution in [3.63, 3.8) is 0 Å². The molecule has 0 nitrogen and oxygen atoms in total. The smallest absolute Gasteiger partial charge is 0 e. The van der Waals surface area contributed by atoms with Crippen LogP contribution in [0.5, 0.6) is 0 Å². The molecule has 0 aromatic heterocycles. The molecule has 0 saturated carbocycles. The van der Waals surface area contributed by atoms with Gasteiger partial charge in [0.1, 0.15) is 0 Å². The van der Waals surface area contributed by atoms with Crippen LogP contribution in [-0.4, -0.2) is 11.0 Å². The van der Waals surface area contributed by atoms with Crippen molar-refractivity contribution in [3.8, 4) is 0 Å². The minimum Gasteiger partial charge on any atom is -0.0776 e. The van der Waals surface area contributed by atoms with Crippen molar-refractivity contribution in [2.45, 2.75) is 7.43 Å². The van der Waals surface area contributed by atoms with Gasteiger partial charge in [0.05, 0.1) is 0 Å². The quantitative estimate of drug-likeness (QED) is 0.348. The summed E-state index contributed by atoms with van der Waals surface area (Å²) in [5.74, 6) is 0. The van der Waals surface area contributed by atoms with Crippen molar-refractivity contribution < 1.29 is 127 Å². The molecular weight excluding hydrogens is 600 g/mol. The molecule has 0 atom stereocenters. The van der Waals surface area contributed by atoms with Crippen molar-refractivity contribution in [3.05, 3.63) is 0 Å². The van der Waals surface area contributed by atoms with Crippen molar-refractivity contribution in [2.75, 3.05) is 0 Å². The Morgan fingerprint density at radius 2 is 1.00 bits per heavy atom. The predicted octanol–water partition coefficient (Wildman–Crippen LogP) is 0.238. The molecule has 0 aliphatic carbocycles. The minimum atomic E-state index is 0. The molecule has 6 radical (unpaired) electrons. The summed E-state index contributed by atoms with van der Waals surface area (Å²) in [4.78, 5) is 0. The van der Waals surface area contributed by atoms with Crippen LogP contribution in [-0.2, 0) is 127 Å². The molecular formula is CH4CoCrFeMnMoNiSiW. The summed E-state index contributed by atoms with van der Waals surface area (Å²) in [6, 6.07) is 0. The third-order valence-electron chi connectivity index (χ3n) is 0. The molecule has 0 fully saturated rings. The van der Waals surface area contributed by atoms with E-state index < -0.39 is 0 Å². The summed E-state index contributed by atoms with van der Waals surface area (Å²) in [6.45, 7) is 0. The fourth-order valence-electron chi connectivity index (χ4n) is 0. The largest absolute Gasteiger partial charge is 0.0776 e. The Morgan fingerprint density at radius 3 is 1.00 bits per heavy atom. The molecule has 0 spiro atoms. The molecule has 64 valence electrons. The summed E-state index contributed by atoms with van der Waals surface area (Å²) < 4.78 is 0. The first-order chi connectivity index (χ1) is 0. The van der Waals surface area contributed by atoms with E-state index in [1.807, 2.05) is 0 Å². The minimum absolute atomic E-state index is 0. The molecule has 0 rings (SSSR count). The Labute approximate surface area is 143 Å². The molecule has 0 aliphatic heterocycles. The van der Waals surface area contributed by atoms with E-state index in [-0.39, 0.29) is 145 Å². The molecule has 0 unspecified atom stereocenters. The summed E-state index contributed by atoms with van der Waals surface area (Å²) in [7, 11) is 0. The van der Waals surface area contributed by atoms with Crippen LogP contribution in [0.4, 0.5) is 0 Å². The average molecular weight is 604 g/mol. The van der Waals surface area contributed by atoms with Crippen LogP contribution >= 0.6 is 0 Å². The van der Waals surface area contributed by atoms with E-state index in [0.717, 1.165) is 0 Å². The molecule has 0 saturated heterocycles. The second kappa shape index (κ2) is 87.4. The van der Waals surface area contributed by atoms with Gasteiger partial charge in [-0.2, -0.15) is 0 Å². The van der Waals surface area contributed by atoms with Crippen LogP contribution < -0.4 is 0 Å². The molecule has 0 N–H and O–H groups in total. The van der Waals surface area contributed by atoms with Crippen LogP contribution in [0.3, 0.4) is 0 Å². The van der Waals surface area contributed by atoms with Crippen molar-refractivity contribution in [2.24, 2.45) is 0 Å². The van der Waals surface area contributed by atoms with Crippen LogP contribution in [0.15, 0.2) is 0 Å². The van der Waals surface area contributed by atoms with E-state index in [4.69, 9.17) is 0 Å².